The van der Waals surface area contributed by atoms with Crippen LogP contribution in [0.25, 0.3) is 22.4 Å². The van der Waals surface area contributed by atoms with Crippen molar-refractivity contribution >= 4 is 11.2 Å². The third-order valence-corrected chi connectivity index (χ3v) is 6.95. The monoisotopic (exact) mass is 474 g/mol. The van der Waals surface area contributed by atoms with Crippen molar-refractivity contribution in [1.29, 1.82) is 0 Å². The van der Waals surface area contributed by atoms with E-state index in [2.05, 4.69) is 21.3 Å². The normalized spacial score (nSPS) is 20.3. The van der Waals surface area contributed by atoms with Gasteiger partial charge in [0.2, 0.25) is 0 Å². The molecular weight excluding hydrogens is 447 g/mol. The third kappa shape index (κ3) is 4.14. The summed E-state index contributed by atoms with van der Waals surface area (Å²) >= 11 is 0. The number of hydrogen-bond acceptors (Lipinski definition) is 7. The maximum absolute atomic E-state index is 15.1. The van der Waals surface area contributed by atoms with Crippen molar-refractivity contribution < 1.29 is 13.9 Å². The van der Waals surface area contributed by atoms with Gasteiger partial charge in [-0.15, -0.1) is 0 Å². The van der Waals surface area contributed by atoms with Crippen LogP contribution in [0.4, 0.5) is 4.39 Å². The molecule has 0 radical (unpaired) electrons. The Balaban J connectivity index is 1.41. The first-order valence-corrected chi connectivity index (χ1v) is 12.0. The van der Waals surface area contributed by atoms with Crippen LogP contribution in [0, 0.1) is 19.7 Å². The van der Waals surface area contributed by atoms with Gasteiger partial charge in [-0.3, -0.25) is 4.68 Å². The van der Waals surface area contributed by atoms with Gasteiger partial charge < -0.3 is 9.47 Å². The van der Waals surface area contributed by atoms with Gasteiger partial charge in [-0.1, -0.05) is 0 Å². The van der Waals surface area contributed by atoms with Crippen LogP contribution >= 0.6 is 0 Å². The van der Waals surface area contributed by atoms with Crippen molar-refractivity contribution in [2.24, 2.45) is 0 Å². The number of nitrogens with zero attached hydrogens (tertiary/aromatic N) is 6. The van der Waals surface area contributed by atoms with Crippen molar-refractivity contribution in [3.05, 3.63) is 59.2 Å². The minimum Gasteiger partial charge on any atom is -0.497 e. The molecule has 2 fully saturated rings. The summed E-state index contributed by atoms with van der Waals surface area (Å²) in [5.74, 6) is 0.712. The fraction of sp³-hybridized carbons (Fsp3) is 0.423. The zero-order valence-electron chi connectivity index (χ0n) is 20.0. The number of fused-ring (bicyclic) bond motifs is 1. The molecule has 0 N–H and O–H groups in total. The van der Waals surface area contributed by atoms with E-state index < -0.39 is 5.82 Å². The Labute approximate surface area is 202 Å². The van der Waals surface area contributed by atoms with Crippen LogP contribution in [0.2, 0.25) is 0 Å². The zero-order chi connectivity index (χ0) is 24.1. The van der Waals surface area contributed by atoms with Crippen molar-refractivity contribution in [1.82, 2.24) is 29.7 Å². The number of aryl methyl sites for hydroxylation is 2. The molecule has 2 atom stereocenters. The van der Waals surface area contributed by atoms with E-state index in [9.17, 15) is 0 Å². The lowest BCUT2D eigenvalue weighted by atomic mass is 9.92. The highest BCUT2D eigenvalue weighted by Gasteiger charge is 2.31. The molecule has 6 rings (SSSR count). The Kier molecular flexibility index (Phi) is 5.44. The van der Waals surface area contributed by atoms with Gasteiger partial charge in [-0.05, 0) is 51.7 Å². The van der Waals surface area contributed by atoms with Crippen LogP contribution < -0.4 is 4.74 Å². The van der Waals surface area contributed by atoms with Crippen molar-refractivity contribution in [3.8, 4) is 17.0 Å². The Bertz CT molecular complexity index is 1420. The number of benzene rings is 1. The van der Waals surface area contributed by atoms with E-state index >= 15 is 4.39 Å². The molecule has 1 aliphatic heterocycles. The highest BCUT2D eigenvalue weighted by molar-refractivity contribution is 5.87. The molecule has 0 unspecified atom stereocenters. The smallest absolute Gasteiger partial charge is 0.182 e. The highest BCUT2D eigenvalue weighted by Crippen LogP contribution is 2.40. The second-order valence-corrected chi connectivity index (χ2v) is 9.41. The van der Waals surface area contributed by atoms with Crippen LogP contribution in [0.5, 0.6) is 5.75 Å². The topological polar surface area (TPSA) is 87.8 Å². The zero-order valence-corrected chi connectivity index (χ0v) is 20.0. The Morgan fingerprint density at radius 1 is 1.06 bits per heavy atom. The lowest BCUT2D eigenvalue weighted by Gasteiger charge is -2.28. The largest absolute Gasteiger partial charge is 0.497 e. The highest BCUT2D eigenvalue weighted by atomic mass is 19.1. The Morgan fingerprint density at radius 3 is 2.66 bits per heavy atom. The summed E-state index contributed by atoms with van der Waals surface area (Å²) in [6.07, 6.45) is 7.80. The molecule has 1 aliphatic carbocycles. The summed E-state index contributed by atoms with van der Waals surface area (Å²) in [4.78, 5) is 19.1. The van der Waals surface area contributed by atoms with E-state index in [1.807, 2.05) is 24.7 Å². The van der Waals surface area contributed by atoms with Gasteiger partial charge in [0, 0.05) is 35.9 Å². The lowest BCUT2D eigenvalue weighted by molar-refractivity contribution is 0.00396. The summed E-state index contributed by atoms with van der Waals surface area (Å²) in [5.41, 5.74) is 4.42. The van der Waals surface area contributed by atoms with Crippen LogP contribution in [-0.4, -0.2) is 43.4 Å². The van der Waals surface area contributed by atoms with Gasteiger partial charge in [0.05, 0.1) is 36.8 Å². The van der Waals surface area contributed by atoms with Crippen LogP contribution in [0.3, 0.4) is 0 Å². The fourth-order valence-electron chi connectivity index (χ4n) is 4.64. The van der Waals surface area contributed by atoms with Gasteiger partial charge in [0.15, 0.2) is 5.65 Å². The van der Waals surface area contributed by atoms with E-state index in [4.69, 9.17) is 19.4 Å². The molecule has 35 heavy (non-hydrogen) atoms. The quantitative estimate of drug-likeness (QED) is 0.401. The first-order valence-electron chi connectivity index (χ1n) is 12.0. The predicted octanol–water partition coefficient (Wildman–Crippen LogP) is 5.02. The second kappa shape index (κ2) is 8.64. The molecule has 180 valence electrons. The third-order valence-electron chi connectivity index (χ3n) is 6.95. The lowest BCUT2D eigenvalue weighted by Crippen LogP contribution is -2.20. The summed E-state index contributed by atoms with van der Waals surface area (Å²) in [7, 11) is 1.51. The van der Waals surface area contributed by atoms with E-state index in [-0.39, 0.29) is 12.0 Å². The number of ether oxygens (including phenoxy) is 2. The van der Waals surface area contributed by atoms with Crippen LogP contribution in [-0.2, 0) is 4.74 Å². The second-order valence-electron chi connectivity index (χ2n) is 9.41. The minimum atomic E-state index is -0.423. The SMILES string of the molecule is COc1ccc(-c2nc([C@H]3CCO[C@H](c4cnn(C5CC5)c4)C3)nc3nc(C)c(C)nc23)c(F)c1. The molecule has 1 saturated carbocycles. The van der Waals surface area contributed by atoms with Crippen molar-refractivity contribution in [2.75, 3.05) is 13.7 Å². The van der Waals surface area contributed by atoms with E-state index in [0.29, 0.717) is 46.6 Å². The molecule has 8 nitrogen and oxygen atoms in total. The number of hydrogen-bond donors (Lipinski definition) is 0. The molecule has 0 spiro atoms. The minimum absolute atomic E-state index is 0.0471. The van der Waals surface area contributed by atoms with E-state index in [1.54, 1.807) is 12.1 Å². The van der Waals surface area contributed by atoms with E-state index in [1.165, 1.54) is 26.0 Å². The first kappa shape index (κ1) is 22.0. The van der Waals surface area contributed by atoms with Gasteiger partial charge in [0.1, 0.15) is 28.6 Å². The predicted molar refractivity (Wildman–Crippen MR) is 128 cm³/mol. The van der Waals surface area contributed by atoms with Gasteiger partial charge >= 0.3 is 0 Å². The molecule has 9 heteroatoms. The number of aromatic nitrogens is 6. The van der Waals surface area contributed by atoms with Crippen molar-refractivity contribution in [2.45, 2.75) is 57.6 Å². The van der Waals surface area contributed by atoms with E-state index in [0.717, 1.165) is 29.8 Å². The standard InChI is InChI=1S/C26H27FN6O2/c1-14-15(2)30-26-24(29-14)23(20-7-6-19(34-3)11-21(20)27)31-25(32-26)16-8-9-35-22(10-16)17-12-28-33(13-17)18-4-5-18/h6-7,11-13,16,18,22H,4-5,8-10H2,1-3H3/t16-,22-/m0/s1. The number of methoxy groups -OCH3 is 1. The number of rotatable bonds is 5. The number of halogens is 1. The summed E-state index contributed by atoms with van der Waals surface area (Å²) in [6.45, 7) is 4.38. The van der Waals surface area contributed by atoms with Crippen LogP contribution in [0.15, 0.2) is 30.6 Å². The summed E-state index contributed by atoms with van der Waals surface area (Å²) in [5, 5.41) is 4.52. The van der Waals surface area contributed by atoms with Gasteiger partial charge in [-0.25, -0.2) is 24.3 Å². The molecule has 0 bridgehead atoms. The molecule has 4 aromatic rings. The molecule has 0 amide bonds. The molecule has 1 saturated heterocycles. The fourth-order valence-corrected chi connectivity index (χ4v) is 4.64. The summed E-state index contributed by atoms with van der Waals surface area (Å²) < 4.78 is 28.5. The molecule has 2 aliphatic rings. The summed E-state index contributed by atoms with van der Waals surface area (Å²) in [6, 6.07) is 5.29. The molecular formula is C26H27FN6O2. The Hall–Kier alpha value is -3.46. The average molecular weight is 475 g/mol. The average Bonchev–Trinajstić information content (AvgIpc) is 3.60. The first-order chi connectivity index (χ1) is 17.0. The van der Waals surface area contributed by atoms with Crippen LogP contribution in [0.1, 0.15) is 66.5 Å². The van der Waals surface area contributed by atoms with Crippen molar-refractivity contribution in [3.63, 3.8) is 0 Å². The van der Waals surface area contributed by atoms with Gasteiger partial charge in [-0.2, -0.15) is 5.10 Å². The Morgan fingerprint density at radius 2 is 1.89 bits per heavy atom. The molecule has 3 aromatic heterocycles. The maximum atomic E-state index is 15.1. The van der Waals surface area contributed by atoms with Gasteiger partial charge in [0.25, 0.3) is 0 Å². The molecule has 1 aromatic carbocycles. The maximum Gasteiger partial charge on any atom is 0.182 e. The molecule has 4 heterocycles.